The Balaban J connectivity index is -0.000000121. The average Bonchev–Trinajstić information content (AvgIpc) is 2.76. The van der Waals surface area contributed by atoms with Crippen molar-refractivity contribution in [3.05, 3.63) is 64.3 Å². The number of hydrogen-bond donors (Lipinski definition) is 0. The SMILES string of the molecule is C=C.C=C.C=C.C=C.CC(C)=CC1CC(=O)OC1=O. The van der Waals surface area contributed by atoms with Gasteiger partial charge in [-0.3, -0.25) is 9.59 Å². The highest BCUT2D eigenvalue weighted by Crippen LogP contribution is 2.18. The Morgan fingerprint density at radius 2 is 1.37 bits per heavy atom. The molecule has 0 N–H and O–H groups in total. The van der Waals surface area contributed by atoms with Crippen molar-refractivity contribution in [1.29, 1.82) is 0 Å². The normalized spacial score (nSPS) is 14.3. The predicted molar refractivity (Wildman–Crippen MR) is 83.7 cm³/mol. The van der Waals surface area contributed by atoms with E-state index in [-0.39, 0.29) is 12.3 Å². The van der Waals surface area contributed by atoms with Crippen LogP contribution < -0.4 is 0 Å². The summed E-state index contributed by atoms with van der Waals surface area (Å²) >= 11 is 0. The van der Waals surface area contributed by atoms with Gasteiger partial charge in [0.2, 0.25) is 0 Å². The van der Waals surface area contributed by atoms with Gasteiger partial charge in [0, 0.05) is 0 Å². The van der Waals surface area contributed by atoms with Crippen LogP contribution in [-0.4, -0.2) is 11.9 Å². The number of rotatable bonds is 1. The summed E-state index contributed by atoms with van der Waals surface area (Å²) in [6.07, 6.45) is 1.96. The number of carbonyl (C=O) groups excluding carboxylic acids is 2. The topological polar surface area (TPSA) is 43.4 Å². The molecule has 108 valence electrons. The number of hydrogen-bond acceptors (Lipinski definition) is 3. The maximum atomic E-state index is 10.8. The van der Waals surface area contributed by atoms with E-state index in [1.54, 1.807) is 6.08 Å². The van der Waals surface area contributed by atoms with Crippen LogP contribution in [0.1, 0.15) is 20.3 Å². The molecule has 0 spiro atoms. The van der Waals surface area contributed by atoms with Gasteiger partial charge in [-0.15, -0.1) is 52.6 Å². The van der Waals surface area contributed by atoms with Crippen LogP contribution >= 0.6 is 0 Å². The van der Waals surface area contributed by atoms with Gasteiger partial charge in [0.1, 0.15) is 0 Å². The molecule has 1 aliphatic heterocycles. The van der Waals surface area contributed by atoms with Gasteiger partial charge in [-0.1, -0.05) is 11.6 Å². The summed E-state index contributed by atoms with van der Waals surface area (Å²) in [6.45, 7) is 27.8. The third kappa shape index (κ3) is 15.8. The molecular formula is C16H26O3. The van der Waals surface area contributed by atoms with Gasteiger partial charge in [-0.05, 0) is 13.8 Å². The van der Waals surface area contributed by atoms with E-state index in [2.05, 4.69) is 57.4 Å². The summed E-state index contributed by atoms with van der Waals surface area (Å²) in [5.74, 6) is -1.18. The van der Waals surface area contributed by atoms with Crippen LogP contribution in [0.3, 0.4) is 0 Å². The molecule has 0 aromatic carbocycles. The van der Waals surface area contributed by atoms with Gasteiger partial charge in [0.15, 0.2) is 0 Å². The van der Waals surface area contributed by atoms with E-state index in [0.717, 1.165) is 5.57 Å². The number of cyclic esters (lactones) is 2. The van der Waals surface area contributed by atoms with Gasteiger partial charge in [-0.25, -0.2) is 0 Å². The van der Waals surface area contributed by atoms with Crippen molar-refractivity contribution in [2.75, 3.05) is 0 Å². The van der Waals surface area contributed by atoms with Crippen LogP contribution in [0.25, 0.3) is 0 Å². The molecule has 1 heterocycles. The molecule has 1 rings (SSSR count). The first-order valence-electron chi connectivity index (χ1n) is 5.49. The molecule has 0 amide bonds. The molecule has 1 fully saturated rings. The molecule has 1 atom stereocenters. The molecule has 0 saturated carbocycles. The Bertz CT molecular complexity index is 268. The lowest BCUT2D eigenvalue weighted by Gasteiger charge is -1.95. The molecule has 0 aromatic heterocycles. The third-order valence-corrected chi connectivity index (χ3v) is 1.44. The second-order valence-corrected chi connectivity index (χ2v) is 2.85. The summed E-state index contributed by atoms with van der Waals surface area (Å²) in [4.78, 5) is 21.4. The van der Waals surface area contributed by atoms with Crippen molar-refractivity contribution in [3.63, 3.8) is 0 Å². The largest absolute Gasteiger partial charge is 0.393 e. The Labute approximate surface area is 117 Å². The first-order valence-corrected chi connectivity index (χ1v) is 5.49. The average molecular weight is 266 g/mol. The van der Waals surface area contributed by atoms with Crippen LogP contribution in [0.2, 0.25) is 0 Å². The highest BCUT2D eigenvalue weighted by Gasteiger charge is 2.31. The maximum absolute atomic E-state index is 10.8. The van der Waals surface area contributed by atoms with Crippen molar-refractivity contribution in [3.8, 4) is 0 Å². The Kier molecular flexibility index (Phi) is 28.5. The van der Waals surface area contributed by atoms with Crippen molar-refractivity contribution < 1.29 is 14.3 Å². The maximum Gasteiger partial charge on any atom is 0.321 e. The van der Waals surface area contributed by atoms with Gasteiger partial charge in [-0.2, -0.15) is 0 Å². The molecule has 19 heavy (non-hydrogen) atoms. The quantitative estimate of drug-likeness (QED) is 0.405. The summed E-state index contributed by atoms with van der Waals surface area (Å²) in [6, 6.07) is 0. The zero-order valence-electron chi connectivity index (χ0n) is 12.2. The number of allylic oxidation sites excluding steroid dienone is 1. The zero-order chi connectivity index (χ0) is 16.4. The second kappa shape index (κ2) is 21.2. The van der Waals surface area contributed by atoms with E-state index >= 15 is 0 Å². The Morgan fingerprint density at radius 3 is 1.58 bits per heavy atom. The first kappa shape index (κ1) is 25.6. The van der Waals surface area contributed by atoms with Gasteiger partial charge in [0.25, 0.3) is 0 Å². The summed E-state index contributed by atoms with van der Waals surface area (Å²) in [5, 5.41) is 0. The van der Waals surface area contributed by atoms with Crippen molar-refractivity contribution >= 4 is 11.9 Å². The van der Waals surface area contributed by atoms with E-state index in [1.807, 2.05) is 13.8 Å². The predicted octanol–water partition coefficient (Wildman–Crippen LogP) is 4.25. The molecule has 0 bridgehead atoms. The highest BCUT2D eigenvalue weighted by molar-refractivity contribution is 5.95. The van der Waals surface area contributed by atoms with Gasteiger partial charge >= 0.3 is 11.9 Å². The Hall–Kier alpha value is -2.16. The minimum Gasteiger partial charge on any atom is -0.393 e. The van der Waals surface area contributed by atoms with Crippen molar-refractivity contribution in [2.45, 2.75) is 20.3 Å². The fourth-order valence-electron chi connectivity index (χ4n) is 1.02. The zero-order valence-corrected chi connectivity index (χ0v) is 12.2. The standard InChI is InChI=1S/C8H10O3.4C2H4/c1-5(2)3-6-4-7(9)11-8(6)10;4*1-2/h3,6H,4H2,1-2H3;4*1-2H2. The smallest absolute Gasteiger partial charge is 0.321 e. The van der Waals surface area contributed by atoms with Gasteiger partial charge in [0.05, 0.1) is 12.3 Å². The minimum absolute atomic E-state index is 0.198. The van der Waals surface area contributed by atoms with Crippen LogP contribution in [0.4, 0.5) is 0 Å². The number of esters is 2. The number of ether oxygens (including phenoxy) is 1. The highest BCUT2D eigenvalue weighted by atomic mass is 16.6. The molecule has 1 aliphatic rings. The van der Waals surface area contributed by atoms with Crippen molar-refractivity contribution in [1.82, 2.24) is 0 Å². The van der Waals surface area contributed by atoms with E-state index in [9.17, 15) is 9.59 Å². The molecule has 0 radical (unpaired) electrons. The van der Waals surface area contributed by atoms with E-state index < -0.39 is 11.9 Å². The minimum atomic E-state index is -0.420. The monoisotopic (exact) mass is 266 g/mol. The number of carbonyl (C=O) groups is 2. The van der Waals surface area contributed by atoms with E-state index in [1.165, 1.54) is 0 Å². The third-order valence-electron chi connectivity index (χ3n) is 1.44. The molecule has 0 aliphatic carbocycles. The fraction of sp³-hybridized carbons (Fsp3) is 0.250. The molecule has 3 nitrogen and oxygen atoms in total. The lowest BCUT2D eigenvalue weighted by atomic mass is 10.1. The van der Waals surface area contributed by atoms with Crippen LogP contribution in [-0.2, 0) is 14.3 Å². The summed E-state index contributed by atoms with van der Waals surface area (Å²) in [7, 11) is 0. The van der Waals surface area contributed by atoms with Crippen molar-refractivity contribution in [2.24, 2.45) is 5.92 Å². The first-order chi connectivity index (χ1) is 9.09. The second-order valence-electron chi connectivity index (χ2n) is 2.85. The Morgan fingerprint density at radius 1 is 1.00 bits per heavy atom. The van der Waals surface area contributed by atoms with Gasteiger partial charge < -0.3 is 4.74 Å². The molecule has 3 heteroatoms. The molecule has 1 unspecified atom stereocenters. The van der Waals surface area contributed by atoms with Crippen LogP contribution in [0.5, 0.6) is 0 Å². The van der Waals surface area contributed by atoms with E-state index in [4.69, 9.17) is 0 Å². The van der Waals surface area contributed by atoms with Crippen LogP contribution in [0.15, 0.2) is 64.3 Å². The lowest BCUT2D eigenvalue weighted by Crippen LogP contribution is -2.04. The lowest BCUT2D eigenvalue weighted by molar-refractivity contribution is -0.152. The molecule has 1 saturated heterocycles. The summed E-state index contributed by atoms with van der Waals surface area (Å²) in [5.41, 5.74) is 1.03. The fourth-order valence-corrected chi connectivity index (χ4v) is 1.02. The molecule has 0 aromatic rings. The van der Waals surface area contributed by atoms with E-state index in [0.29, 0.717) is 0 Å². The summed E-state index contributed by atoms with van der Waals surface area (Å²) < 4.78 is 4.35. The molecular weight excluding hydrogens is 240 g/mol. The van der Waals surface area contributed by atoms with Crippen LogP contribution in [0, 0.1) is 5.92 Å².